The molecule has 3 heteroatoms. The SMILES string of the molecule is COc1ccccc1C(N)COCC1CCCCC1. The summed E-state index contributed by atoms with van der Waals surface area (Å²) in [6.45, 7) is 1.42. The highest BCUT2D eigenvalue weighted by Crippen LogP contribution is 2.25. The lowest BCUT2D eigenvalue weighted by Crippen LogP contribution is -2.21. The van der Waals surface area contributed by atoms with Gasteiger partial charge in [-0.05, 0) is 24.8 Å². The van der Waals surface area contributed by atoms with E-state index in [1.807, 2.05) is 24.3 Å². The third-order valence-corrected chi connectivity index (χ3v) is 3.91. The average Bonchev–Trinajstić information content (AvgIpc) is 2.48. The summed E-state index contributed by atoms with van der Waals surface area (Å²) in [6.07, 6.45) is 6.71. The van der Waals surface area contributed by atoms with Crippen LogP contribution in [0.5, 0.6) is 5.75 Å². The van der Waals surface area contributed by atoms with Gasteiger partial charge in [0, 0.05) is 12.2 Å². The molecule has 0 radical (unpaired) electrons. The third-order valence-electron chi connectivity index (χ3n) is 3.91. The fourth-order valence-corrected chi connectivity index (χ4v) is 2.78. The Bertz CT molecular complexity index is 375. The molecular formula is C16H25NO2. The van der Waals surface area contributed by atoms with Gasteiger partial charge in [0.15, 0.2) is 0 Å². The molecule has 0 heterocycles. The van der Waals surface area contributed by atoms with E-state index in [1.165, 1.54) is 32.1 Å². The maximum Gasteiger partial charge on any atom is 0.123 e. The van der Waals surface area contributed by atoms with Crippen LogP contribution in [0.2, 0.25) is 0 Å². The van der Waals surface area contributed by atoms with E-state index in [0.717, 1.165) is 23.8 Å². The van der Waals surface area contributed by atoms with E-state index >= 15 is 0 Å². The molecule has 1 saturated carbocycles. The quantitative estimate of drug-likeness (QED) is 0.856. The summed E-state index contributed by atoms with van der Waals surface area (Å²) in [5.41, 5.74) is 7.20. The standard InChI is InChI=1S/C16H25NO2/c1-18-16-10-6-5-9-14(16)15(17)12-19-11-13-7-3-2-4-8-13/h5-6,9-10,13,15H,2-4,7-8,11-12,17H2,1H3. The van der Waals surface area contributed by atoms with Crippen molar-refractivity contribution in [3.8, 4) is 5.75 Å². The molecule has 0 bridgehead atoms. The Labute approximate surface area is 116 Å². The van der Waals surface area contributed by atoms with Crippen molar-refractivity contribution in [3.05, 3.63) is 29.8 Å². The number of methoxy groups -OCH3 is 1. The number of nitrogens with two attached hydrogens (primary N) is 1. The Morgan fingerprint density at radius 2 is 1.95 bits per heavy atom. The highest BCUT2D eigenvalue weighted by Gasteiger charge is 2.15. The monoisotopic (exact) mass is 263 g/mol. The zero-order valence-electron chi connectivity index (χ0n) is 11.8. The van der Waals surface area contributed by atoms with Crippen LogP contribution in [0.1, 0.15) is 43.7 Å². The molecule has 0 aromatic heterocycles. The van der Waals surface area contributed by atoms with E-state index in [9.17, 15) is 0 Å². The molecule has 19 heavy (non-hydrogen) atoms. The fraction of sp³-hybridized carbons (Fsp3) is 0.625. The summed E-state index contributed by atoms with van der Waals surface area (Å²) >= 11 is 0. The van der Waals surface area contributed by atoms with Gasteiger partial charge in [-0.25, -0.2) is 0 Å². The van der Waals surface area contributed by atoms with Crippen LogP contribution in [-0.2, 0) is 4.74 Å². The van der Waals surface area contributed by atoms with Gasteiger partial charge in [0.1, 0.15) is 5.75 Å². The van der Waals surface area contributed by atoms with Crippen LogP contribution >= 0.6 is 0 Å². The summed E-state index contributed by atoms with van der Waals surface area (Å²) in [6, 6.07) is 7.78. The topological polar surface area (TPSA) is 44.5 Å². The first-order valence-electron chi connectivity index (χ1n) is 7.27. The summed E-state index contributed by atoms with van der Waals surface area (Å²) in [5.74, 6) is 1.58. The summed E-state index contributed by atoms with van der Waals surface area (Å²) < 4.78 is 11.1. The minimum absolute atomic E-state index is 0.111. The first-order valence-corrected chi connectivity index (χ1v) is 7.27. The van der Waals surface area contributed by atoms with Gasteiger partial charge in [-0.1, -0.05) is 37.5 Å². The van der Waals surface area contributed by atoms with Crippen molar-refractivity contribution in [3.63, 3.8) is 0 Å². The molecule has 0 spiro atoms. The maximum atomic E-state index is 6.18. The highest BCUT2D eigenvalue weighted by atomic mass is 16.5. The van der Waals surface area contributed by atoms with Gasteiger partial charge in [0.25, 0.3) is 0 Å². The smallest absolute Gasteiger partial charge is 0.123 e. The van der Waals surface area contributed by atoms with Crippen LogP contribution in [0, 0.1) is 5.92 Å². The van der Waals surface area contributed by atoms with Gasteiger partial charge < -0.3 is 15.2 Å². The van der Waals surface area contributed by atoms with Crippen LogP contribution in [0.15, 0.2) is 24.3 Å². The average molecular weight is 263 g/mol. The minimum Gasteiger partial charge on any atom is -0.496 e. The number of ether oxygens (including phenoxy) is 2. The Morgan fingerprint density at radius 1 is 1.21 bits per heavy atom. The number of benzene rings is 1. The van der Waals surface area contributed by atoms with Gasteiger partial charge in [-0.3, -0.25) is 0 Å². The molecule has 0 aliphatic heterocycles. The van der Waals surface area contributed by atoms with Crippen LogP contribution in [0.4, 0.5) is 0 Å². The Morgan fingerprint density at radius 3 is 2.68 bits per heavy atom. The van der Waals surface area contributed by atoms with Gasteiger partial charge in [-0.15, -0.1) is 0 Å². The van der Waals surface area contributed by atoms with E-state index in [2.05, 4.69) is 0 Å². The molecule has 1 atom stereocenters. The molecule has 0 saturated heterocycles. The zero-order valence-corrected chi connectivity index (χ0v) is 11.8. The molecule has 106 valence electrons. The molecule has 1 unspecified atom stereocenters. The summed E-state index contributed by atoms with van der Waals surface area (Å²) in [5, 5.41) is 0. The van der Waals surface area contributed by atoms with E-state index in [-0.39, 0.29) is 6.04 Å². The lowest BCUT2D eigenvalue weighted by molar-refractivity contribution is 0.0755. The summed E-state index contributed by atoms with van der Waals surface area (Å²) in [4.78, 5) is 0. The Kier molecular flexibility index (Phi) is 5.67. The Balaban J connectivity index is 1.78. The van der Waals surface area contributed by atoms with E-state index < -0.39 is 0 Å². The normalized spacial score (nSPS) is 18.2. The van der Waals surface area contributed by atoms with E-state index in [4.69, 9.17) is 15.2 Å². The number of hydrogen-bond donors (Lipinski definition) is 1. The summed E-state index contributed by atoms with van der Waals surface area (Å²) in [7, 11) is 1.68. The van der Waals surface area contributed by atoms with Crippen LogP contribution in [-0.4, -0.2) is 20.3 Å². The van der Waals surface area contributed by atoms with Gasteiger partial charge in [0.05, 0.1) is 19.8 Å². The van der Waals surface area contributed by atoms with Crippen molar-refractivity contribution >= 4 is 0 Å². The molecule has 0 amide bonds. The van der Waals surface area contributed by atoms with Crippen molar-refractivity contribution in [1.82, 2.24) is 0 Å². The molecule has 3 nitrogen and oxygen atoms in total. The van der Waals surface area contributed by atoms with Gasteiger partial charge >= 0.3 is 0 Å². The van der Waals surface area contributed by atoms with Crippen molar-refractivity contribution in [2.75, 3.05) is 20.3 Å². The predicted octanol–water partition coefficient (Wildman–Crippen LogP) is 3.29. The molecule has 1 aliphatic rings. The second kappa shape index (κ2) is 7.51. The third kappa shape index (κ3) is 4.22. The number of rotatable bonds is 6. The van der Waals surface area contributed by atoms with Gasteiger partial charge in [-0.2, -0.15) is 0 Å². The molecular weight excluding hydrogens is 238 g/mol. The van der Waals surface area contributed by atoms with Gasteiger partial charge in [0.2, 0.25) is 0 Å². The molecule has 2 N–H and O–H groups in total. The van der Waals surface area contributed by atoms with Crippen molar-refractivity contribution < 1.29 is 9.47 Å². The number of hydrogen-bond acceptors (Lipinski definition) is 3. The van der Waals surface area contributed by atoms with Crippen LogP contribution in [0.3, 0.4) is 0 Å². The minimum atomic E-state index is -0.111. The Hall–Kier alpha value is -1.06. The van der Waals surface area contributed by atoms with E-state index in [0.29, 0.717) is 6.61 Å². The largest absolute Gasteiger partial charge is 0.496 e. The molecule has 1 aromatic rings. The first-order chi connectivity index (χ1) is 9.31. The van der Waals surface area contributed by atoms with Crippen molar-refractivity contribution in [2.45, 2.75) is 38.1 Å². The lowest BCUT2D eigenvalue weighted by atomic mass is 9.90. The molecule has 1 fully saturated rings. The lowest BCUT2D eigenvalue weighted by Gasteiger charge is -2.22. The zero-order chi connectivity index (χ0) is 13.5. The van der Waals surface area contributed by atoms with Crippen LogP contribution < -0.4 is 10.5 Å². The predicted molar refractivity (Wildman–Crippen MR) is 77.3 cm³/mol. The second-order valence-electron chi connectivity index (χ2n) is 5.39. The molecule has 1 aromatic carbocycles. The van der Waals surface area contributed by atoms with Crippen molar-refractivity contribution in [2.24, 2.45) is 11.7 Å². The molecule has 1 aliphatic carbocycles. The fourth-order valence-electron chi connectivity index (χ4n) is 2.78. The van der Waals surface area contributed by atoms with Crippen molar-refractivity contribution in [1.29, 1.82) is 0 Å². The highest BCUT2D eigenvalue weighted by molar-refractivity contribution is 5.35. The second-order valence-corrected chi connectivity index (χ2v) is 5.39. The number of para-hydroxylation sites is 1. The molecule has 2 rings (SSSR count). The maximum absolute atomic E-state index is 6.18. The van der Waals surface area contributed by atoms with Crippen LogP contribution in [0.25, 0.3) is 0 Å². The van der Waals surface area contributed by atoms with E-state index in [1.54, 1.807) is 7.11 Å². The first kappa shape index (κ1) is 14.4.